The van der Waals surface area contributed by atoms with Crippen LogP contribution in [0, 0.1) is 0 Å². The fraction of sp³-hybridized carbons (Fsp3) is 0.333. The number of anilines is 1. The molecule has 0 aliphatic carbocycles. The molecule has 2 amide bonds. The van der Waals surface area contributed by atoms with Gasteiger partial charge < -0.3 is 19.7 Å². The molecule has 42 heavy (non-hydrogen) atoms. The van der Waals surface area contributed by atoms with Gasteiger partial charge in [-0.15, -0.1) is 0 Å². The van der Waals surface area contributed by atoms with Crippen molar-refractivity contribution >= 4 is 50.7 Å². The number of nitrogens with one attached hydrogen (secondary N) is 1. The van der Waals surface area contributed by atoms with Gasteiger partial charge in [0.25, 0.3) is 10.0 Å². The monoisotopic (exact) mass is 635 g/mol. The Hall–Kier alpha value is -3.47. The van der Waals surface area contributed by atoms with Crippen LogP contribution in [0.15, 0.2) is 71.6 Å². The first-order chi connectivity index (χ1) is 19.7. The van der Waals surface area contributed by atoms with Gasteiger partial charge in [-0.25, -0.2) is 8.42 Å². The average Bonchev–Trinajstić information content (AvgIpc) is 2.94. The molecule has 0 saturated heterocycles. The molecule has 1 unspecified atom stereocenters. The van der Waals surface area contributed by atoms with Crippen LogP contribution in [0.25, 0.3) is 0 Å². The Morgan fingerprint density at radius 1 is 0.905 bits per heavy atom. The van der Waals surface area contributed by atoms with Crippen molar-refractivity contribution in [2.75, 3.05) is 25.1 Å². The van der Waals surface area contributed by atoms with Crippen LogP contribution in [0.4, 0.5) is 5.69 Å². The van der Waals surface area contributed by atoms with Crippen molar-refractivity contribution in [3.63, 3.8) is 0 Å². The maximum atomic E-state index is 14.1. The van der Waals surface area contributed by atoms with Crippen molar-refractivity contribution in [3.05, 3.63) is 82.3 Å². The molecule has 0 heterocycles. The summed E-state index contributed by atoms with van der Waals surface area (Å²) < 4.78 is 39.7. The molecule has 3 aromatic rings. The van der Waals surface area contributed by atoms with Crippen molar-refractivity contribution in [2.45, 2.75) is 50.7 Å². The summed E-state index contributed by atoms with van der Waals surface area (Å²) in [5.41, 5.74) is -0.0124. The topological polar surface area (TPSA) is 105 Å². The van der Waals surface area contributed by atoms with Gasteiger partial charge in [-0.2, -0.15) is 0 Å². The van der Waals surface area contributed by atoms with Crippen LogP contribution in [0.3, 0.4) is 0 Å². The molecule has 0 aliphatic heterocycles. The van der Waals surface area contributed by atoms with Crippen LogP contribution in [0.1, 0.15) is 33.3 Å². The molecule has 0 radical (unpaired) electrons. The van der Waals surface area contributed by atoms with Crippen molar-refractivity contribution in [3.8, 4) is 11.5 Å². The van der Waals surface area contributed by atoms with E-state index in [1.165, 1.54) is 49.5 Å². The Bertz CT molecular complexity index is 1500. The van der Waals surface area contributed by atoms with Crippen LogP contribution in [0.5, 0.6) is 11.5 Å². The number of ether oxygens (including phenoxy) is 2. The third-order valence-corrected chi connectivity index (χ3v) is 8.82. The maximum absolute atomic E-state index is 14.1. The number of amides is 2. The van der Waals surface area contributed by atoms with E-state index in [0.717, 1.165) is 4.31 Å². The van der Waals surface area contributed by atoms with Gasteiger partial charge in [0.2, 0.25) is 11.8 Å². The van der Waals surface area contributed by atoms with Crippen LogP contribution in [-0.2, 0) is 26.2 Å². The summed E-state index contributed by atoms with van der Waals surface area (Å²) in [6.45, 7) is 6.23. The Kier molecular flexibility index (Phi) is 10.8. The van der Waals surface area contributed by atoms with Crippen LogP contribution < -0.4 is 19.1 Å². The highest BCUT2D eigenvalue weighted by Crippen LogP contribution is 2.33. The van der Waals surface area contributed by atoms with Crippen molar-refractivity contribution in [1.29, 1.82) is 0 Å². The molecule has 1 atom stereocenters. The first kappa shape index (κ1) is 33.0. The van der Waals surface area contributed by atoms with E-state index in [1.807, 2.05) is 20.8 Å². The molecule has 0 aliphatic rings. The van der Waals surface area contributed by atoms with Gasteiger partial charge in [0.1, 0.15) is 24.1 Å². The largest absolute Gasteiger partial charge is 0.497 e. The lowest BCUT2D eigenvalue weighted by atomic mass is 10.1. The first-order valence-corrected chi connectivity index (χ1v) is 15.2. The standard InChI is InChI=1S/C30H35Cl2N3O6S/c1-20(29(37)33-30(2,3)4)34(18-23-24(31)10-9-11-25(23)32)28(36)19-35(26-12-7-8-13-27(26)41-6)42(38,39)22-16-14-21(40-5)15-17-22/h7-17,20H,18-19H2,1-6H3,(H,33,37). The van der Waals surface area contributed by atoms with Gasteiger partial charge >= 0.3 is 0 Å². The number of rotatable bonds is 11. The summed E-state index contributed by atoms with van der Waals surface area (Å²) in [6.07, 6.45) is 0. The average molecular weight is 637 g/mol. The predicted octanol–water partition coefficient (Wildman–Crippen LogP) is 5.54. The van der Waals surface area contributed by atoms with Crippen LogP contribution in [0.2, 0.25) is 10.0 Å². The normalized spacial score (nSPS) is 12.3. The summed E-state index contributed by atoms with van der Waals surface area (Å²) in [5.74, 6) is -0.386. The Labute approximate surface area is 257 Å². The Morgan fingerprint density at radius 2 is 1.50 bits per heavy atom. The second-order valence-corrected chi connectivity index (χ2v) is 13.2. The Morgan fingerprint density at radius 3 is 2.05 bits per heavy atom. The van der Waals surface area contributed by atoms with E-state index in [4.69, 9.17) is 32.7 Å². The predicted molar refractivity (Wildman–Crippen MR) is 165 cm³/mol. The number of para-hydroxylation sites is 2. The van der Waals surface area contributed by atoms with Crippen molar-refractivity contribution in [2.24, 2.45) is 0 Å². The van der Waals surface area contributed by atoms with E-state index in [2.05, 4.69) is 5.32 Å². The number of hydrogen-bond donors (Lipinski definition) is 1. The third-order valence-electron chi connectivity index (χ3n) is 6.34. The number of halogens is 2. The molecule has 226 valence electrons. The van der Waals surface area contributed by atoms with Gasteiger partial charge in [0, 0.05) is 27.7 Å². The summed E-state index contributed by atoms with van der Waals surface area (Å²) in [5, 5.41) is 3.48. The lowest BCUT2D eigenvalue weighted by Crippen LogP contribution is -2.54. The number of sulfonamides is 1. The quantitative estimate of drug-likeness (QED) is 0.297. The van der Waals surface area contributed by atoms with Crippen LogP contribution in [-0.4, -0.2) is 57.5 Å². The first-order valence-electron chi connectivity index (χ1n) is 13.0. The summed E-state index contributed by atoms with van der Waals surface area (Å²) >= 11 is 12.9. The maximum Gasteiger partial charge on any atom is 0.264 e. The highest BCUT2D eigenvalue weighted by Gasteiger charge is 2.35. The number of methoxy groups -OCH3 is 2. The van der Waals surface area contributed by atoms with Crippen molar-refractivity contribution < 1.29 is 27.5 Å². The van der Waals surface area contributed by atoms with Gasteiger partial charge in [-0.05, 0) is 76.2 Å². The highest BCUT2D eigenvalue weighted by molar-refractivity contribution is 7.92. The molecular weight excluding hydrogens is 601 g/mol. The molecule has 3 aromatic carbocycles. The van der Waals surface area contributed by atoms with E-state index in [1.54, 1.807) is 43.3 Å². The molecule has 0 aromatic heterocycles. The second kappa shape index (κ2) is 13.7. The van der Waals surface area contributed by atoms with E-state index < -0.39 is 40.0 Å². The zero-order valence-electron chi connectivity index (χ0n) is 24.4. The fourth-order valence-electron chi connectivity index (χ4n) is 4.13. The summed E-state index contributed by atoms with van der Waals surface area (Å²) in [6, 6.07) is 16.2. The van der Waals surface area contributed by atoms with Gasteiger partial charge in [-0.1, -0.05) is 41.4 Å². The van der Waals surface area contributed by atoms with Gasteiger partial charge in [0.05, 0.1) is 24.8 Å². The number of benzene rings is 3. The minimum Gasteiger partial charge on any atom is -0.497 e. The molecule has 12 heteroatoms. The second-order valence-electron chi connectivity index (χ2n) is 10.5. The molecule has 0 saturated carbocycles. The SMILES string of the molecule is COc1ccc(S(=O)(=O)N(CC(=O)N(Cc2c(Cl)cccc2Cl)C(C)C(=O)NC(C)(C)C)c2ccccc2OC)cc1. The molecule has 9 nitrogen and oxygen atoms in total. The van der Waals surface area contributed by atoms with Crippen molar-refractivity contribution in [1.82, 2.24) is 10.2 Å². The van der Waals surface area contributed by atoms with Crippen LogP contribution >= 0.6 is 23.2 Å². The molecule has 0 spiro atoms. The summed E-state index contributed by atoms with van der Waals surface area (Å²) in [7, 11) is -1.43. The Balaban J connectivity index is 2.12. The minimum atomic E-state index is -4.31. The smallest absolute Gasteiger partial charge is 0.264 e. The lowest BCUT2D eigenvalue weighted by Gasteiger charge is -2.34. The highest BCUT2D eigenvalue weighted by atomic mass is 35.5. The lowest BCUT2D eigenvalue weighted by molar-refractivity contribution is -0.140. The van der Waals surface area contributed by atoms with E-state index >= 15 is 0 Å². The zero-order chi connectivity index (χ0) is 31.2. The van der Waals surface area contributed by atoms with E-state index in [-0.39, 0.29) is 22.9 Å². The number of carbonyl (C=O) groups is 2. The number of nitrogens with zero attached hydrogens (tertiary/aromatic N) is 2. The van der Waals surface area contributed by atoms with Gasteiger partial charge in [-0.3, -0.25) is 13.9 Å². The van der Waals surface area contributed by atoms with E-state index in [9.17, 15) is 18.0 Å². The fourth-order valence-corrected chi connectivity index (χ4v) is 6.08. The summed E-state index contributed by atoms with van der Waals surface area (Å²) in [4.78, 5) is 28.6. The molecule has 0 bridgehead atoms. The minimum absolute atomic E-state index is 0.0683. The number of hydrogen-bond acceptors (Lipinski definition) is 6. The number of carbonyl (C=O) groups excluding carboxylic acids is 2. The molecule has 3 rings (SSSR count). The molecule has 0 fully saturated rings. The zero-order valence-corrected chi connectivity index (χ0v) is 26.7. The van der Waals surface area contributed by atoms with E-state index in [0.29, 0.717) is 21.4 Å². The third kappa shape index (κ3) is 7.87. The molecular formula is C30H35Cl2N3O6S. The molecule has 1 N–H and O–H groups in total. The van der Waals surface area contributed by atoms with Gasteiger partial charge in [0.15, 0.2) is 0 Å².